The van der Waals surface area contributed by atoms with Crippen LogP contribution in [0.25, 0.3) is 0 Å². The first-order valence-corrected chi connectivity index (χ1v) is 10.2. The lowest BCUT2D eigenvalue weighted by atomic mass is 10.0. The van der Waals surface area contributed by atoms with Gasteiger partial charge in [-0.15, -0.1) is 0 Å². The fourth-order valence-electron chi connectivity index (χ4n) is 2.87. The summed E-state index contributed by atoms with van der Waals surface area (Å²) in [6, 6.07) is 8.93. The van der Waals surface area contributed by atoms with E-state index < -0.39 is 35.7 Å². The van der Waals surface area contributed by atoms with Crippen LogP contribution < -0.4 is 10.6 Å². The lowest BCUT2D eigenvalue weighted by molar-refractivity contribution is -0.145. The van der Waals surface area contributed by atoms with Gasteiger partial charge in [-0.2, -0.15) is 0 Å². The van der Waals surface area contributed by atoms with Gasteiger partial charge in [-0.1, -0.05) is 45.7 Å². The van der Waals surface area contributed by atoms with Crippen molar-refractivity contribution < 1.29 is 23.5 Å². The molecule has 2 atom stereocenters. The Balaban J connectivity index is 2.23. The van der Waals surface area contributed by atoms with Crippen LogP contribution in [0.3, 0.4) is 0 Å². The van der Waals surface area contributed by atoms with Gasteiger partial charge in [-0.05, 0) is 35.4 Å². The molecule has 0 heterocycles. The lowest BCUT2D eigenvalue weighted by Crippen LogP contribution is -2.53. The number of esters is 1. The largest absolute Gasteiger partial charge is 0.467 e. The Labute approximate surface area is 187 Å². The van der Waals surface area contributed by atoms with E-state index in [0.717, 1.165) is 0 Å². The second kappa shape index (κ2) is 11.1. The molecule has 9 heteroatoms. The molecule has 0 fully saturated rings. The molecule has 0 saturated heterocycles. The quantitative estimate of drug-likeness (QED) is 0.547. The summed E-state index contributed by atoms with van der Waals surface area (Å²) in [5.74, 6) is -2.25. The molecular formula is C21H21BrClFN2O4. The maximum absolute atomic E-state index is 14.0. The fourth-order valence-corrected chi connectivity index (χ4v) is 3.47. The van der Waals surface area contributed by atoms with Gasteiger partial charge < -0.3 is 15.4 Å². The first-order chi connectivity index (χ1) is 14.2. The van der Waals surface area contributed by atoms with E-state index in [9.17, 15) is 18.8 Å². The first kappa shape index (κ1) is 23.8. The highest BCUT2D eigenvalue weighted by Gasteiger charge is 2.28. The van der Waals surface area contributed by atoms with Gasteiger partial charge in [0.2, 0.25) is 11.8 Å². The Morgan fingerprint density at radius 3 is 2.37 bits per heavy atom. The fraction of sp³-hybridized carbons (Fsp3) is 0.286. The molecule has 2 amide bonds. The van der Waals surface area contributed by atoms with Crippen molar-refractivity contribution in [1.82, 2.24) is 10.6 Å². The second-order valence-corrected chi connectivity index (χ2v) is 7.86. The number of rotatable bonds is 8. The third-order valence-corrected chi connectivity index (χ3v) is 5.32. The minimum absolute atomic E-state index is 0.0765. The number of benzene rings is 2. The standard InChI is InChI=1S/C21H21BrClFN2O4/c1-12(27)25-18(10-13-5-3-4-6-17(13)24)20(28)26-19(21(29)30-2)11-14-9-15(23)7-8-16(14)22/h3-9,18-19H,10-11H2,1-2H3,(H,25,27)(H,26,28)/t18-,19+/m0/s1. The maximum Gasteiger partial charge on any atom is 0.328 e. The average molecular weight is 500 g/mol. The third-order valence-electron chi connectivity index (χ3n) is 4.31. The molecule has 0 spiro atoms. The van der Waals surface area contributed by atoms with Gasteiger partial charge in [0.15, 0.2) is 0 Å². The zero-order valence-corrected chi connectivity index (χ0v) is 18.7. The highest BCUT2D eigenvalue weighted by molar-refractivity contribution is 9.10. The van der Waals surface area contributed by atoms with Crippen molar-refractivity contribution in [3.8, 4) is 0 Å². The Kier molecular flexibility index (Phi) is 8.80. The molecule has 2 aromatic rings. The minimum Gasteiger partial charge on any atom is -0.467 e. The Bertz CT molecular complexity index is 941. The molecule has 0 unspecified atom stereocenters. The van der Waals surface area contributed by atoms with E-state index in [1.54, 1.807) is 24.3 Å². The smallest absolute Gasteiger partial charge is 0.328 e. The number of amides is 2. The minimum atomic E-state index is -1.07. The van der Waals surface area contributed by atoms with E-state index in [1.807, 2.05) is 0 Å². The number of carbonyl (C=O) groups excluding carboxylic acids is 3. The van der Waals surface area contributed by atoms with Crippen LogP contribution in [-0.4, -0.2) is 37.0 Å². The van der Waals surface area contributed by atoms with Gasteiger partial charge in [0.1, 0.15) is 17.9 Å². The van der Waals surface area contributed by atoms with Crippen LogP contribution >= 0.6 is 27.5 Å². The van der Waals surface area contributed by atoms with Crippen LogP contribution in [-0.2, 0) is 32.0 Å². The first-order valence-electron chi connectivity index (χ1n) is 9.04. The predicted molar refractivity (Wildman–Crippen MR) is 115 cm³/mol. The normalized spacial score (nSPS) is 12.6. The molecule has 0 bridgehead atoms. The highest BCUT2D eigenvalue weighted by Crippen LogP contribution is 2.23. The van der Waals surface area contributed by atoms with Gasteiger partial charge >= 0.3 is 5.97 Å². The number of ether oxygens (including phenoxy) is 1. The number of nitrogens with one attached hydrogen (secondary N) is 2. The van der Waals surface area contributed by atoms with Gasteiger partial charge in [0.25, 0.3) is 0 Å². The topological polar surface area (TPSA) is 84.5 Å². The molecule has 2 rings (SSSR count). The number of hydrogen-bond donors (Lipinski definition) is 2. The summed E-state index contributed by atoms with van der Waals surface area (Å²) in [5, 5.41) is 5.57. The van der Waals surface area contributed by atoms with E-state index >= 15 is 0 Å². The molecule has 0 radical (unpaired) electrons. The van der Waals surface area contributed by atoms with Gasteiger partial charge in [-0.3, -0.25) is 9.59 Å². The number of hydrogen-bond acceptors (Lipinski definition) is 4. The van der Waals surface area contributed by atoms with E-state index in [1.165, 1.54) is 32.2 Å². The van der Waals surface area contributed by atoms with Crippen molar-refractivity contribution in [1.29, 1.82) is 0 Å². The highest BCUT2D eigenvalue weighted by atomic mass is 79.9. The zero-order chi connectivity index (χ0) is 22.3. The third kappa shape index (κ3) is 6.81. The average Bonchev–Trinajstić information content (AvgIpc) is 2.70. The summed E-state index contributed by atoms with van der Waals surface area (Å²) in [4.78, 5) is 36.7. The van der Waals surface area contributed by atoms with E-state index in [0.29, 0.717) is 15.1 Å². The molecule has 30 heavy (non-hydrogen) atoms. The van der Waals surface area contributed by atoms with Crippen LogP contribution in [0.2, 0.25) is 5.02 Å². The zero-order valence-electron chi connectivity index (χ0n) is 16.4. The molecule has 6 nitrogen and oxygen atoms in total. The summed E-state index contributed by atoms with van der Waals surface area (Å²) in [7, 11) is 1.21. The molecule has 0 aliphatic heterocycles. The molecule has 0 aliphatic carbocycles. The van der Waals surface area contributed by atoms with Crippen LogP contribution in [0.1, 0.15) is 18.1 Å². The van der Waals surface area contributed by atoms with Crippen LogP contribution in [0, 0.1) is 5.82 Å². The van der Waals surface area contributed by atoms with Crippen LogP contribution in [0.4, 0.5) is 4.39 Å². The summed E-state index contributed by atoms with van der Waals surface area (Å²) < 4.78 is 19.5. The van der Waals surface area contributed by atoms with Crippen molar-refractivity contribution >= 4 is 45.3 Å². The molecule has 2 aromatic carbocycles. The van der Waals surface area contributed by atoms with Crippen LogP contribution in [0.15, 0.2) is 46.9 Å². The SMILES string of the molecule is COC(=O)[C@@H](Cc1cc(Cl)ccc1Br)NC(=O)[C@H](Cc1ccccc1F)NC(C)=O. The van der Waals surface area contributed by atoms with E-state index in [4.69, 9.17) is 16.3 Å². The molecule has 160 valence electrons. The molecule has 0 saturated carbocycles. The summed E-state index contributed by atoms with van der Waals surface area (Å²) in [6.45, 7) is 1.25. The van der Waals surface area contributed by atoms with E-state index in [2.05, 4.69) is 26.6 Å². The number of halogens is 3. The van der Waals surface area contributed by atoms with Crippen molar-refractivity contribution in [3.05, 3.63) is 68.9 Å². The maximum atomic E-state index is 14.0. The predicted octanol–water partition coefficient (Wildman–Crippen LogP) is 3.19. The summed E-state index contributed by atoms with van der Waals surface area (Å²) in [6.07, 6.45) is 0.0267. The second-order valence-electron chi connectivity index (χ2n) is 6.57. The van der Waals surface area contributed by atoms with Crippen molar-refractivity contribution in [2.75, 3.05) is 7.11 Å². The van der Waals surface area contributed by atoms with Crippen molar-refractivity contribution in [2.45, 2.75) is 31.8 Å². The lowest BCUT2D eigenvalue weighted by Gasteiger charge is -2.22. The Morgan fingerprint density at radius 1 is 1.07 bits per heavy atom. The molecule has 0 aliphatic rings. The van der Waals surface area contributed by atoms with Gasteiger partial charge in [0.05, 0.1) is 7.11 Å². The molecule has 0 aromatic heterocycles. The monoisotopic (exact) mass is 498 g/mol. The van der Waals surface area contributed by atoms with Gasteiger partial charge in [0, 0.05) is 29.3 Å². The molecular weight excluding hydrogens is 479 g/mol. The Morgan fingerprint density at radius 2 is 1.73 bits per heavy atom. The van der Waals surface area contributed by atoms with Crippen LogP contribution in [0.5, 0.6) is 0 Å². The van der Waals surface area contributed by atoms with E-state index in [-0.39, 0.29) is 18.4 Å². The molecule has 2 N–H and O–H groups in total. The Hall–Kier alpha value is -2.45. The number of carbonyl (C=O) groups is 3. The van der Waals surface area contributed by atoms with Gasteiger partial charge in [-0.25, -0.2) is 9.18 Å². The number of methoxy groups -OCH3 is 1. The summed E-state index contributed by atoms with van der Waals surface area (Å²) in [5.41, 5.74) is 0.946. The van der Waals surface area contributed by atoms with Crippen molar-refractivity contribution in [2.24, 2.45) is 0 Å². The van der Waals surface area contributed by atoms with Crippen molar-refractivity contribution in [3.63, 3.8) is 0 Å². The summed E-state index contributed by atoms with van der Waals surface area (Å²) >= 11 is 9.41.